The molecule has 1 aromatic carbocycles. The number of nitrogens with zero attached hydrogens (tertiary/aromatic N) is 1. The molecule has 1 N–H and O–H groups in total. The van der Waals surface area contributed by atoms with Crippen molar-refractivity contribution in [3.63, 3.8) is 0 Å². The summed E-state index contributed by atoms with van der Waals surface area (Å²) in [5.74, 6) is 0.268. The van der Waals surface area contributed by atoms with Crippen molar-refractivity contribution >= 4 is 5.91 Å². The summed E-state index contributed by atoms with van der Waals surface area (Å²) < 4.78 is 0. The van der Waals surface area contributed by atoms with Crippen molar-refractivity contribution in [2.24, 2.45) is 5.92 Å². The summed E-state index contributed by atoms with van der Waals surface area (Å²) in [4.78, 5) is 14.3. The molecule has 0 unspecified atom stereocenters. The monoisotopic (exact) mass is 245 g/mol. The highest BCUT2D eigenvalue weighted by Crippen LogP contribution is 2.40. The van der Waals surface area contributed by atoms with Crippen LogP contribution in [0, 0.1) is 5.92 Å². The van der Waals surface area contributed by atoms with Crippen molar-refractivity contribution in [1.82, 2.24) is 4.90 Å². The van der Waals surface area contributed by atoms with E-state index in [1.54, 1.807) is 0 Å². The van der Waals surface area contributed by atoms with E-state index in [1.807, 2.05) is 35.2 Å². The van der Waals surface area contributed by atoms with Crippen molar-refractivity contribution in [1.29, 1.82) is 0 Å². The van der Waals surface area contributed by atoms with Gasteiger partial charge in [-0.1, -0.05) is 30.3 Å². The fourth-order valence-electron chi connectivity index (χ4n) is 3.42. The fourth-order valence-corrected chi connectivity index (χ4v) is 3.42. The zero-order valence-corrected chi connectivity index (χ0v) is 10.6. The highest BCUT2D eigenvalue weighted by molar-refractivity contribution is 5.81. The maximum absolute atomic E-state index is 12.4. The fraction of sp³-hybridized carbons (Fsp3) is 0.533. The zero-order valence-electron chi connectivity index (χ0n) is 10.6. The van der Waals surface area contributed by atoms with Crippen molar-refractivity contribution in [3.8, 4) is 0 Å². The van der Waals surface area contributed by atoms with Gasteiger partial charge in [0.1, 0.15) is 0 Å². The number of fused-ring (bicyclic) bond motifs is 3. The molecule has 0 aromatic heterocycles. The Morgan fingerprint density at radius 2 is 2.00 bits per heavy atom. The largest absolute Gasteiger partial charge is 0.391 e. The molecule has 1 saturated carbocycles. The summed E-state index contributed by atoms with van der Waals surface area (Å²) in [5.41, 5.74) is 1.14. The minimum absolute atomic E-state index is 0.0118. The van der Waals surface area contributed by atoms with E-state index in [0.29, 0.717) is 6.42 Å². The molecule has 4 rings (SSSR count). The predicted octanol–water partition coefficient (Wildman–Crippen LogP) is 2.12. The second kappa shape index (κ2) is 4.39. The van der Waals surface area contributed by atoms with E-state index in [9.17, 15) is 9.90 Å². The second-order valence-electron chi connectivity index (χ2n) is 5.48. The van der Waals surface area contributed by atoms with Gasteiger partial charge in [0.15, 0.2) is 0 Å². The maximum atomic E-state index is 12.4. The number of hydrogen-bond donors (Lipinski definition) is 1. The van der Waals surface area contributed by atoms with E-state index in [0.717, 1.165) is 18.4 Å². The number of piperidine rings is 2. The van der Waals surface area contributed by atoms with Gasteiger partial charge in [-0.25, -0.2) is 0 Å². The Morgan fingerprint density at radius 3 is 2.67 bits per heavy atom. The minimum atomic E-state index is -0.340. The summed E-state index contributed by atoms with van der Waals surface area (Å²) in [6.45, 7) is 2.06. The molecule has 2 heterocycles. The third-order valence-corrected chi connectivity index (χ3v) is 4.44. The standard InChI is InChI=1S/C15H19NO2/c1-10(11-5-3-2-4-6-11)16-13-8-7-12(15(16)18)9-14(13)17/h2-6,10,12-14,17H,7-9H2,1H3/t10-,12-,13+,14+/m0/s1. The van der Waals surface area contributed by atoms with E-state index in [-0.39, 0.29) is 30.0 Å². The molecular weight excluding hydrogens is 226 g/mol. The number of aliphatic hydroxyl groups is 1. The highest BCUT2D eigenvalue weighted by atomic mass is 16.3. The molecule has 4 atom stereocenters. The lowest BCUT2D eigenvalue weighted by Crippen LogP contribution is -2.59. The molecule has 96 valence electrons. The Kier molecular flexibility index (Phi) is 2.86. The summed E-state index contributed by atoms with van der Waals surface area (Å²) >= 11 is 0. The lowest BCUT2D eigenvalue weighted by atomic mass is 9.76. The van der Waals surface area contributed by atoms with Crippen molar-refractivity contribution in [3.05, 3.63) is 35.9 Å². The molecule has 0 radical (unpaired) electrons. The topological polar surface area (TPSA) is 40.5 Å². The number of amides is 1. The van der Waals surface area contributed by atoms with Gasteiger partial charge in [-0.15, -0.1) is 0 Å². The summed E-state index contributed by atoms with van der Waals surface area (Å²) in [5, 5.41) is 10.1. The van der Waals surface area contributed by atoms with E-state index < -0.39 is 0 Å². The molecule has 3 nitrogen and oxygen atoms in total. The van der Waals surface area contributed by atoms with E-state index >= 15 is 0 Å². The molecule has 18 heavy (non-hydrogen) atoms. The number of rotatable bonds is 2. The Hall–Kier alpha value is -1.35. The van der Waals surface area contributed by atoms with Gasteiger partial charge in [-0.3, -0.25) is 4.79 Å². The second-order valence-corrected chi connectivity index (χ2v) is 5.48. The molecule has 1 aliphatic carbocycles. The van der Waals surface area contributed by atoms with Gasteiger partial charge in [0.25, 0.3) is 0 Å². The van der Waals surface area contributed by atoms with Crippen LogP contribution in [0.1, 0.15) is 37.8 Å². The first-order chi connectivity index (χ1) is 8.68. The molecule has 1 aromatic rings. The first-order valence-electron chi connectivity index (χ1n) is 6.73. The summed E-state index contributed by atoms with van der Waals surface area (Å²) in [7, 11) is 0. The highest BCUT2D eigenvalue weighted by Gasteiger charge is 2.47. The van der Waals surface area contributed by atoms with Crippen LogP contribution in [0.5, 0.6) is 0 Å². The van der Waals surface area contributed by atoms with E-state index in [4.69, 9.17) is 0 Å². The van der Waals surface area contributed by atoms with Crippen LogP contribution in [-0.4, -0.2) is 28.1 Å². The third-order valence-electron chi connectivity index (χ3n) is 4.44. The van der Waals surface area contributed by atoms with Crippen LogP contribution in [0.25, 0.3) is 0 Å². The normalized spacial score (nSPS) is 32.7. The Labute approximate surface area is 107 Å². The van der Waals surface area contributed by atoms with Crippen molar-refractivity contribution in [2.75, 3.05) is 0 Å². The van der Waals surface area contributed by atoms with Gasteiger partial charge in [0.2, 0.25) is 5.91 Å². The van der Waals surface area contributed by atoms with Gasteiger partial charge in [-0.2, -0.15) is 0 Å². The zero-order chi connectivity index (χ0) is 12.7. The number of benzene rings is 1. The number of carbonyl (C=O) groups is 1. The number of aliphatic hydroxyl groups excluding tert-OH is 1. The smallest absolute Gasteiger partial charge is 0.226 e. The van der Waals surface area contributed by atoms with Crippen LogP contribution in [0.15, 0.2) is 30.3 Å². The number of carbonyl (C=O) groups excluding carboxylic acids is 1. The van der Waals surface area contributed by atoms with Gasteiger partial charge in [0.05, 0.1) is 18.2 Å². The maximum Gasteiger partial charge on any atom is 0.226 e. The average molecular weight is 245 g/mol. The average Bonchev–Trinajstić information content (AvgIpc) is 2.41. The molecule has 1 amide bonds. The van der Waals surface area contributed by atoms with Crippen LogP contribution in [0.4, 0.5) is 0 Å². The molecule has 2 saturated heterocycles. The minimum Gasteiger partial charge on any atom is -0.391 e. The molecule has 2 bridgehead atoms. The lowest BCUT2D eigenvalue weighted by Gasteiger charge is -2.50. The molecular formula is C15H19NO2. The molecule has 3 heteroatoms. The molecule has 3 fully saturated rings. The van der Waals surface area contributed by atoms with E-state index in [2.05, 4.69) is 6.92 Å². The van der Waals surface area contributed by atoms with Crippen LogP contribution in [-0.2, 0) is 4.79 Å². The summed E-state index contributed by atoms with van der Waals surface area (Å²) in [6.07, 6.45) is 2.20. The van der Waals surface area contributed by atoms with E-state index in [1.165, 1.54) is 0 Å². The first kappa shape index (κ1) is 11.7. The van der Waals surface area contributed by atoms with Crippen molar-refractivity contribution in [2.45, 2.75) is 44.4 Å². The lowest BCUT2D eigenvalue weighted by molar-refractivity contribution is -0.160. The predicted molar refractivity (Wildman–Crippen MR) is 68.8 cm³/mol. The molecule has 3 aliphatic rings. The quantitative estimate of drug-likeness (QED) is 0.867. The van der Waals surface area contributed by atoms with Gasteiger partial charge >= 0.3 is 0 Å². The van der Waals surface area contributed by atoms with Gasteiger partial charge in [-0.05, 0) is 31.7 Å². The Bertz CT molecular complexity index is 445. The SMILES string of the molecule is C[C@@H](c1ccccc1)N1C(=O)[C@H]2CC[C@@H]1[C@H](O)C2. The molecule has 2 aliphatic heterocycles. The van der Waals surface area contributed by atoms with Crippen LogP contribution < -0.4 is 0 Å². The Balaban J connectivity index is 1.89. The number of hydrogen-bond acceptors (Lipinski definition) is 2. The van der Waals surface area contributed by atoms with Crippen molar-refractivity contribution < 1.29 is 9.90 Å². The first-order valence-corrected chi connectivity index (χ1v) is 6.73. The Morgan fingerprint density at radius 1 is 1.28 bits per heavy atom. The third kappa shape index (κ3) is 1.74. The van der Waals surface area contributed by atoms with Crippen LogP contribution in [0.3, 0.4) is 0 Å². The van der Waals surface area contributed by atoms with Gasteiger partial charge in [0, 0.05) is 5.92 Å². The van der Waals surface area contributed by atoms with Crippen LogP contribution >= 0.6 is 0 Å². The van der Waals surface area contributed by atoms with Crippen LogP contribution in [0.2, 0.25) is 0 Å². The molecule has 0 spiro atoms. The van der Waals surface area contributed by atoms with Gasteiger partial charge < -0.3 is 10.0 Å². The summed E-state index contributed by atoms with van der Waals surface area (Å²) in [6, 6.07) is 10.1.